The first-order valence-corrected chi connectivity index (χ1v) is 7.06. The van der Waals surface area contributed by atoms with Crippen molar-refractivity contribution in [2.45, 2.75) is 6.29 Å². The van der Waals surface area contributed by atoms with Crippen molar-refractivity contribution in [1.29, 1.82) is 0 Å². The van der Waals surface area contributed by atoms with E-state index in [1.165, 1.54) is 13.2 Å². The number of methoxy groups -OCH3 is 1. The van der Waals surface area contributed by atoms with Crippen molar-refractivity contribution in [2.24, 2.45) is 0 Å². The molecule has 0 saturated heterocycles. The molecule has 1 aromatic heterocycles. The summed E-state index contributed by atoms with van der Waals surface area (Å²) in [7, 11) is 1.30. The summed E-state index contributed by atoms with van der Waals surface area (Å²) in [5.74, 6) is -1.01. The number of para-hydroxylation sites is 1. The molecule has 0 bridgehead atoms. The van der Waals surface area contributed by atoms with E-state index in [2.05, 4.69) is 0 Å². The van der Waals surface area contributed by atoms with Gasteiger partial charge in [-0.25, -0.2) is 0 Å². The van der Waals surface area contributed by atoms with E-state index in [9.17, 15) is 20.1 Å². The van der Waals surface area contributed by atoms with Crippen molar-refractivity contribution >= 4 is 11.0 Å². The Bertz CT molecular complexity index is 1040. The molecule has 0 saturated carbocycles. The zero-order chi connectivity index (χ0) is 17.0. The third-order valence-corrected chi connectivity index (χ3v) is 3.96. The number of fused-ring (bicyclic) bond motifs is 4. The Morgan fingerprint density at radius 2 is 1.92 bits per heavy atom. The summed E-state index contributed by atoms with van der Waals surface area (Å²) in [6, 6.07) is 7.92. The molecule has 2 heterocycles. The van der Waals surface area contributed by atoms with E-state index in [-0.39, 0.29) is 28.0 Å². The summed E-state index contributed by atoms with van der Waals surface area (Å²) in [5, 5.41) is 30.1. The lowest BCUT2D eigenvalue weighted by Gasteiger charge is -2.23. The Morgan fingerprint density at radius 3 is 2.67 bits per heavy atom. The minimum atomic E-state index is -1.46. The predicted molar refractivity (Wildman–Crippen MR) is 83.4 cm³/mol. The van der Waals surface area contributed by atoms with Gasteiger partial charge in [0.2, 0.25) is 11.2 Å². The molecule has 3 aromatic rings. The molecule has 0 amide bonds. The minimum absolute atomic E-state index is 0.0343. The van der Waals surface area contributed by atoms with Crippen molar-refractivity contribution < 1.29 is 29.2 Å². The van der Waals surface area contributed by atoms with E-state index in [0.717, 1.165) is 0 Å². The molecule has 1 aliphatic heterocycles. The molecular formula is C17H12O7. The van der Waals surface area contributed by atoms with Gasteiger partial charge >= 0.3 is 0 Å². The molecule has 0 radical (unpaired) electrons. The smallest absolute Gasteiger partial charge is 0.257 e. The molecule has 1 atom stereocenters. The highest BCUT2D eigenvalue weighted by atomic mass is 16.6. The number of hydrogen-bond acceptors (Lipinski definition) is 7. The molecule has 1 unspecified atom stereocenters. The van der Waals surface area contributed by atoms with E-state index in [0.29, 0.717) is 11.3 Å². The van der Waals surface area contributed by atoms with Gasteiger partial charge in [-0.1, -0.05) is 18.2 Å². The van der Waals surface area contributed by atoms with E-state index in [1.807, 2.05) is 0 Å². The molecule has 2 aromatic carbocycles. The number of phenols is 2. The van der Waals surface area contributed by atoms with Gasteiger partial charge in [0, 0.05) is 11.6 Å². The third-order valence-electron chi connectivity index (χ3n) is 3.96. The maximum Gasteiger partial charge on any atom is 0.257 e. The summed E-state index contributed by atoms with van der Waals surface area (Å²) in [5.41, 5.74) is -0.107. The first-order chi connectivity index (χ1) is 11.5. The number of aliphatic hydroxyl groups is 1. The van der Waals surface area contributed by atoms with E-state index in [1.54, 1.807) is 24.3 Å². The number of aromatic hydroxyl groups is 2. The van der Waals surface area contributed by atoms with Crippen LogP contribution in [0.2, 0.25) is 0 Å². The lowest BCUT2D eigenvalue weighted by Crippen LogP contribution is -2.19. The van der Waals surface area contributed by atoms with Crippen molar-refractivity contribution in [3.05, 3.63) is 46.3 Å². The summed E-state index contributed by atoms with van der Waals surface area (Å²) in [6.07, 6.45) is -1.46. The van der Waals surface area contributed by atoms with Gasteiger partial charge in [0.15, 0.2) is 17.3 Å². The Balaban J connectivity index is 2.17. The van der Waals surface area contributed by atoms with Gasteiger partial charge < -0.3 is 29.2 Å². The van der Waals surface area contributed by atoms with Crippen LogP contribution in [0.3, 0.4) is 0 Å². The molecule has 0 spiro atoms. The number of hydrogen-bond donors (Lipinski definition) is 3. The van der Waals surface area contributed by atoms with Crippen LogP contribution in [0.15, 0.2) is 39.5 Å². The first-order valence-electron chi connectivity index (χ1n) is 7.06. The molecule has 4 rings (SSSR count). The van der Waals surface area contributed by atoms with Crippen molar-refractivity contribution in [3.63, 3.8) is 0 Å². The third kappa shape index (κ3) is 1.79. The van der Waals surface area contributed by atoms with Crippen LogP contribution in [0.25, 0.3) is 22.1 Å². The summed E-state index contributed by atoms with van der Waals surface area (Å²) >= 11 is 0. The van der Waals surface area contributed by atoms with Crippen LogP contribution < -0.4 is 14.9 Å². The van der Waals surface area contributed by atoms with Gasteiger partial charge in [-0.05, 0) is 6.07 Å². The normalized spacial score (nSPS) is 15.5. The van der Waals surface area contributed by atoms with Crippen LogP contribution in [0.5, 0.6) is 23.0 Å². The van der Waals surface area contributed by atoms with Crippen LogP contribution in [0.4, 0.5) is 0 Å². The van der Waals surface area contributed by atoms with Crippen molar-refractivity contribution in [1.82, 2.24) is 0 Å². The molecule has 24 heavy (non-hydrogen) atoms. The van der Waals surface area contributed by atoms with Gasteiger partial charge in [0.05, 0.1) is 12.7 Å². The highest BCUT2D eigenvalue weighted by Gasteiger charge is 2.32. The summed E-state index contributed by atoms with van der Waals surface area (Å²) in [4.78, 5) is 12.9. The monoisotopic (exact) mass is 328 g/mol. The molecule has 3 N–H and O–H groups in total. The molecule has 7 heteroatoms. The molecule has 0 aliphatic carbocycles. The standard InChI is InChI=1S/C17H12O7/c1-22-10-6-9-12(15(20)13(10)18)14(19)11-7-4-2-3-5-8(7)24-17(21)16(11)23-9/h2-6,17-18,20-21H,1H3. The quantitative estimate of drug-likeness (QED) is 0.588. The number of benzene rings is 2. The van der Waals surface area contributed by atoms with Gasteiger partial charge in [0.1, 0.15) is 16.7 Å². The Labute approximate surface area is 134 Å². The minimum Gasteiger partial charge on any atom is -0.504 e. The van der Waals surface area contributed by atoms with Crippen LogP contribution >= 0.6 is 0 Å². The second kappa shape index (κ2) is 4.90. The Hall–Kier alpha value is -3.19. The van der Waals surface area contributed by atoms with E-state index >= 15 is 0 Å². The van der Waals surface area contributed by atoms with Gasteiger partial charge in [-0.3, -0.25) is 4.79 Å². The van der Waals surface area contributed by atoms with Crippen molar-refractivity contribution in [2.75, 3.05) is 7.11 Å². The zero-order valence-corrected chi connectivity index (χ0v) is 12.4. The number of phenolic OH excluding ortho intramolecular Hbond substituents is 2. The second-order valence-corrected chi connectivity index (χ2v) is 5.29. The molecular weight excluding hydrogens is 316 g/mol. The van der Waals surface area contributed by atoms with Crippen molar-refractivity contribution in [3.8, 4) is 34.1 Å². The van der Waals surface area contributed by atoms with Gasteiger partial charge in [-0.15, -0.1) is 0 Å². The largest absolute Gasteiger partial charge is 0.504 e. The first kappa shape index (κ1) is 14.4. The lowest BCUT2D eigenvalue weighted by atomic mass is 9.98. The summed E-state index contributed by atoms with van der Waals surface area (Å²) < 4.78 is 15.9. The molecule has 1 aliphatic rings. The lowest BCUT2D eigenvalue weighted by molar-refractivity contribution is -0.0376. The fourth-order valence-corrected chi connectivity index (χ4v) is 2.85. The Kier molecular flexibility index (Phi) is 2.94. The topological polar surface area (TPSA) is 109 Å². The molecule has 122 valence electrons. The van der Waals surface area contributed by atoms with E-state index in [4.69, 9.17) is 13.9 Å². The van der Waals surface area contributed by atoms with Gasteiger partial charge in [0.25, 0.3) is 6.29 Å². The molecule has 7 nitrogen and oxygen atoms in total. The average Bonchev–Trinajstić information content (AvgIpc) is 2.58. The maximum absolute atomic E-state index is 12.9. The SMILES string of the molecule is COc1cc2oc3c(c(=O)c2c(O)c1O)-c1ccccc1OC3O. The number of aliphatic hydroxyl groups excluding tert-OH is 1. The zero-order valence-electron chi connectivity index (χ0n) is 12.4. The van der Waals surface area contributed by atoms with Crippen LogP contribution in [0, 0.1) is 0 Å². The van der Waals surface area contributed by atoms with Crippen LogP contribution in [-0.4, -0.2) is 22.4 Å². The van der Waals surface area contributed by atoms with Crippen LogP contribution in [-0.2, 0) is 0 Å². The number of ether oxygens (including phenoxy) is 2. The summed E-state index contributed by atoms with van der Waals surface area (Å²) in [6.45, 7) is 0. The average molecular weight is 328 g/mol. The van der Waals surface area contributed by atoms with E-state index < -0.39 is 23.2 Å². The van der Waals surface area contributed by atoms with Gasteiger partial charge in [-0.2, -0.15) is 0 Å². The Morgan fingerprint density at radius 1 is 1.17 bits per heavy atom. The maximum atomic E-state index is 12.9. The molecule has 0 fully saturated rings. The fourth-order valence-electron chi connectivity index (χ4n) is 2.85. The fraction of sp³-hybridized carbons (Fsp3) is 0.118. The predicted octanol–water partition coefficient (Wildman–Crippen LogP) is 2.26. The van der Waals surface area contributed by atoms with Crippen LogP contribution in [0.1, 0.15) is 12.1 Å². The highest BCUT2D eigenvalue weighted by Crippen LogP contribution is 2.45. The highest BCUT2D eigenvalue weighted by molar-refractivity contribution is 5.92. The number of rotatable bonds is 1. The second-order valence-electron chi connectivity index (χ2n) is 5.29.